The highest BCUT2D eigenvalue weighted by molar-refractivity contribution is 6.33. The van der Waals surface area contributed by atoms with Gasteiger partial charge in [0.25, 0.3) is 0 Å². The maximum absolute atomic E-state index is 12.3. The normalized spacial score (nSPS) is 11.2. The molecule has 1 aromatic rings. The van der Waals surface area contributed by atoms with Crippen LogP contribution in [0.25, 0.3) is 0 Å². The molecule has 0 radical (unpaired) electrons. The summed E-state index contributed by atoms with van der Waals surface area (Å²) in [6.07, 6.45) is -3.83. The molecule has 1 amide bonds. The molecule has 0 saturated heterocycles. The lowest BCUT2D eigenvalue weighted by Crippen LogP contribution is -2.28. The molecule has 1 N–H and O–H groups in total. The number of alkyl halides is 3. The SMILES string of the molecule is CN(C)C(=O)CNc1ncc(C(F)(F)F)cc1Cl. The average Bonchev–Trinajstić information content (AvgIpc) is 2.25. The second-order valence-electron chi connectivity index (χ2n) is 3.69. The first-order chi connectivity index (χ1) is 8.21. The van der Waals surface area contributed by atoms with Gasteiger partial charge in [0, 0.05) is 20.3 Å². The van der Waals surface area contributed by atoms with Crippen LogP contribution in [0.2, 0.25) is 5.02 Å². The first-order valence-electron chi connectivity index (χ1n) is 4.88. The van der Waals surface area contributed by atoms with Crippen LogP contribution < -0.4 is 5.32 Å². The van der Waals surface area contributed by atoms with Crippen molar-refractivity contribution in [3.05, 3.63) is 22.8 Å². The smallest absolute Gasteiger partial charge is 0.360 e. The van der Waals surface area contributed by atoms with E-state index in [-0.39, 0.29) is 23.3 Å². The molecule has 0 aromatic carbocycles. The third kappa shape index (κ3) is 3.76. The molecule has 0 atom stereocenters. The molecule has 0 fully saturated rings. The van der Waals surface area contributed by atoms with Gasteiger partial charge in [-0.1, -0.05) is 11.6 Å². The number of pyridine rings is 1. The van der Waals surface area contributed by atoms with Gasteiger partial charge in [0.2, 0.25) is 5.91 Å². The number of nitrogens with zero attached hydrogens (tertiary/aromatic N) is 2. The highest BCUT2D eigenvalue weighted by Crippen LogP contribution is 2.32. The minimum Gasteiger partial charge on any atom is -0.360 e. The van der Waals surface area contributed by atoms with E-state index in [0.717, 1.165) is 6.07 Å². The van der Waals surface area contributed by atoms with E-state index in [4.69, 9.17) is 11.6 Å². The molecule has 1 heterocycles. The van der Waals surface area contributed by atoms with Crippen molar-refractivity contribution < 1.29 is 18.0 Å². The molecule has 0 spiro atoms. The molecule has 0 bridgehead atoms. The zero-order valence-corrected chi connectivity index (χ0v) is 10.4. The third-order valence-electron chi connectivity index (χ3n) is 2.07. The number of nitrogens with one attached hydrogen (secondary N) is 1. The number of aromatic nitrogens is 1. The van der Waals surface area contributed by atoms with E-state index < -0.39 is 11.7 Å². The summed E-state index contributed by atoms with van der Waals surface area (Å²) < 4.78 is 37.0. The maximum Gasteiger partial charge on any atom is 0.417 e. The van der Waals surface area contributed by atoms with Gasteiger partial charge in [-0.05, 0) is 6.07 Å². The van der Waals surface area contributed by atoms with Gasteiger partial charge in [-0.3, -0.25) is 4.79 Å². The summed E-state index contributed by atoms with van der Waals surface area (Å²) >= 11 is 5.65. The summed E-state index contributed by atoms with van der Waals surface area (Å²) in [7, 11) is 3.12. The van der Waals surface area contributed by atoms with Crippen LogP contribution >= 0.6 is 11.6 Å². The van der Waals surface area contributed by atoms with Gasteiger partial charge in [0.05, 0.1) is 17.1 Å². The van der Waals surface area contributed by atoms with Crippen molar-refractivity contribution in [3.63, 3.8) is 0 Å². The van der Waals surface area contributed by atoms with E-state index in [1.165, 1.54) is 4.90 Å². The van der Waals surface area contributed by atoms with Crippen LogP contribution in [0.5, 0.6) is 0 Å². The highest BCUT2D eigenvalue weighted by atomic mass is 35.5. The largest absolute Gasteiger partial charge is 0.417 e. The predicted octanol–water partition coefficient (Wildman–Crippen LogP) is 2.25. The summed E-state index contributed by atoms with van der Waals surface area (Å²) in [6.45, 7) is -0.0922. The van der Waals surface area contributed by atoms with Crippen molar-refractivity contribution in [3.8, 4) is 0 Å². The van der Waals surface area contributed by atoms with Gasteiger partial charge in [-0.25, -0.2) is 4.98 Å². The Morgan fingerprint density at radius 2 is 2.11 bits per heavy atom. The lowest BCUT2D eigenvalue weighted by molar-refractivity contribution is -0.137. The topological polar surface area (TPSA) is 45.2 Å². The molecule has 0 unspecified atom stereocenters. The van der Waals surface area contributed by atoms with Crippen LogP contribution in [0.3, 0.4) is 0 Å². The van der Waals surface area contributed by atoms with Crippen molar-refractivity contribution >= 4 is 23.3 Å². The molecule has 0 saturated carbocycles. The Morgan fingerprint density at radius 3 is 2.56 bits per heavy atom. The molecular formula is C10H11ClF3N3O. The average molecular weight is 282 g/mol. The van der Waals surface area contributed by atoms with Gasteiger partial charge < -0.3 is 10.2 Å². The van der Waals surface area contributed by atoms with E-state index in [1.54, 1.807) is 14.1 Å². The Hall–Kier alpha value is -1.50. The van der Waals surface area contributed by atoms with Crippen molar-refractivity contribution in [2.75, 3.05) is 26.0 Å². The monoisotopic (exact) mass is 281 g/mol. The molecule has 18 heavy (non-hydrogen) atoms. The summed E-state index contributed by atoms with van der Waals surface area (Å²) in [5.41, 5.74) is -0.933. The number of carbonyl (C=O) groups is 1. The number of likely N-dealkylation sites (N-methyl/N-ethyl adjacent to an activating group) is 1. The second kappa shape index (κ2) is 5.43. The van der Waals surface area contributed by atoms with E-state index in [9.17, 15) is 18.0 Å². The Kier molecular flexibility index (Phi) is 4.39. The maximum atomic E-state index is 12.3. The van der Waals surface area contributed by atoms with Crippen molar-refractivity contribution in [2.45, 2.75) is 6.18 Å². The Labute approximate surface area is 107 Å². The Morgan fingerprint density at radius 1 is 1.50 bits per heavy atom. The van der Waals surface area contributed by atoms with Crippen LogP contribution in [0.15, 0.2) is 12.3 Å². The Balaban J connectivity index is 2.78. The fourth-order valence-electron chi connectivity index (χ4n) is 1.04. The predicted molar refractivity (Wildman–Crippen MR) is 61.4 cm³/mol. The van der Waals surface area contributed by atoms with Gasteiger partial charge >= 0.3 is 6.18 Å². The number of carbonyl (C=O) groups excluding carboxylic acids is 1. The summed E-state index contributed by atoms with van der Waals surface area (Å²) in [5.74, 6) is -0.201. The van der Waals surface area contributed by atoms with Crippen molar-refractivity contribution in [1.29, 1.82) is 0 Å². The number of hydrogen-bond donors (Lipinski definition) is 1. The van der Waals surface area contributed by atoms with Crippen LogP contribution in [-0.2, 0) is 11.0 Å². The summed E-state index contributed by atoms with van der Waals surface area (Å²) in [5, 5.41) is 2.39. The van der Waals surface area contributed by atoms with Gasteiger partial charge in [-0.2, -0.15) is 13.2 Å². The second-order valence-corrected chi connectivity index (χ2v) is 4.10. The number of hydrogen-bond acceptors (Lipinski definition) is 3. The van der Waals surface area contributed by atoms with Crippen LogP contribution in [0.4, 0.5) is 19.0 Å². The molecule has 0 aliphatic rings. The lowest BCUT2D eigenvalue weighted by Gasteiger charge is -2.13. The molecule has 1 aromatic heterocycles. The zero-order valence-electron chi connectivity index (χ0n) is 9.68. The first kappa shape index (κ1) is 14.6. The summed E-state index contributed by atoms with van der Waals surface area (Å²) in [6, 6.07) is 0.761. The molecule has 1 rings (SSSR count). The van der Waals surface area contributed by atoms with E-state index in [1.807, 2.05) is 0 Å². The number of rotatable bonds is 3. The van der Waals surface area contributed by atoms with Crippen LogP contribution in [0.1, 0.15) is 5.56 Å². The third-order valence-corrected chi connectivity index (χ3v) is 2.36. The van der Waals surface area contributed by atoms with Gasteiger partial charge in [0.15, 0.2) is 0 Å². The molecule has 100 valence electrons. The molecule has 0 aliphatic carbocycles. The minimum absolute atomic E-state index is 0.0415. The van der Waals surface area contributed by atoms with Gasteiger partial charge in [0.1, 0.15) is 5.82 Å². The standard InChI is InChI=1S/C10H11ClF3N3O/c1-17(2)8(18)5-16-9-7(11)3-6(4-15-9)10(12,13)14/h3-4H,5H2,1-2H3,(H,15,16). The van der Waals surface area contributed by atoms with E-state index in [0.29, 0.717) is 6.20 Å². The molecule has 8 heteroatoms. The molecule has 4 nitrogen and oxygen atoms in total. The number of halogens is 4. The minimum atomic E-state index is -4.49. The fraction of sp³-hybridized carbons (Fsp3) is 0.400. The quantitative estimate of drug-likeness (QED) is 0.924. The summed E-state index contributed by atoms with van der Waals surface area (Å²) in [4.78, 5) is 16.1. The van der Waals surface area contributed by atoms with Crippen molar-refractivity contribution in [2.24, 2.45) is 0 Å². The first-order valence-corrected chi connectivity index (χ1v) is 5.26. The van der Waals surface area contributed by atoms with Crippen molar-refractivity contribution in [1.82, 2.24) is 9.88 Å². The lowest BCUT2D eigenvalue weighted by atomic mass is 10.3. The van der Waals surface area contributed by atoms with E-state index >= 15 is 0 Å². The fourth-order valence-corrected chi connectivity index (χ4v) is 1.27. The molecular weight excluding hydrogens is 271 g/mol. The van der Waals surface area contributed by atoms with Crippen LogP contribution in [-0.4, -0.2) is 36.4 Å². The number of amides is 1. The number of anilines is 1. The zero-order chi connectivity index (χ0) is 13.9. The Bertz CT molecular complexity index is 448. The van der Waals surface area contributed by atoms with Crippen LogP contribution in [0, 0.1) is 0 Å². The van der Waals surface area contributed by atoms with Gasteiger partial charge in [-0.15, -0.1) is 0 Å². The highest BCUT2D eigenvalue weighted by Gasteiger charge is 2.31. The molecule has 0 aliphatic heterocycles. The van der Waals surface area contributed by atoms with E-state index in [2.05, 4.69) is 10.3 Å².